The van der Waals surface area contributed by atoms with Crippen LogP contribution in [-0.2, 0) is 11.2 Å². The van der Waals surface area contributed by atoms with Crippen LogP contribution >= 0.6 is 0 Å². The molecule has 0 aliphatic carbocycles. The molecule has 8 nitrogen and oxygen atoms in total. The van der Waals surface area contributed by atoms with E-state index < -0.39 is 17.7 Å². The highest BCUT2D eigenvalue weighted by Crippen LogP contribution is 2.39. The van der Waals surface area contributed by atoms with Crippen molar-refractivity contribution in [3.05, 3.63) is 64.7 Å². The molecule has 2 aliphatic heterocycles. The highest BCUT2D eigenvalue weighted by Gasteiger charge is 2.42. The van der Waals surface area contributed by atoms with E-state index in [-0.39, 0.29) is 18.4 Å². The topological polar surface area (TPSA) is 102 Å². The van der Waals surface area contributed by atoms with Crippen LogP contribution < -0.4 is 10.5 Å². The number of carbonyl (C=O) groups is 3. The molecule has 33 heavy (non-hydrogen) atoms. The van der Waals surface area contributed by atoms with Gasteiger partial charge in [0.2, 0.25) is 0 Å². The van der Waals surface area contributed by atoms with Crippen molar-refractivity contribution in [3.8, 4) is 5.75 Å². The Labute approximate surface area is 193 Å². The lowest BCUT2D eigenvalue weighted by atomic mass is 9.91. The van der Waals surface area contributed by atoms with Gasteiger partial charge in [0.15, 0.2) is 0 Å². The highest BCUT2D eigenvalue weighted by molar-refractivity contribution is 6.21. The first-order valence-corrected chi connectivity index (χ1v) is 11.1. The molecule has 0 radical (unpaired) electrons. The van der Waals surface area contributed by atoms with Crippen molar-refractivity contribution in [2.75, 3.05) is 26.2 Å². The van der Waals surface area contributed by atoms with Crippen LogP contribution in [-0.4, -0.2) is 59.5 Å². The molecule has 8 heteroatoms. The summed E-state index contributed by atoms with van der Waals surface area (Å²) < 4.78 is 11.6. The molecular formula is C25H29N3O5. The first-order chi connectivity index (χ1) is 15.7. The molecular weight excluding hydrogens is 422 g/mol. The predicted molar refractivity (Wildman–Crippen MR) is 122 cm³/mol. The van der Waals surface area contributed by atoms with Crippen molar-refractivity contribution >= 4 is 17.9 Å². The van der Waals surface area contributed by atoms with Gasteiger partial charge in [0.1, 0.15) is 18.0 Å². The molecule has 2 aromatic carbocycles. The average Bonchev–Trinajstić information content (AvgIpc) is 3.01. The zero-order valence-corrected chi connectivity index (χ0v) is 19.2. The minimum absolute atomic E-state index is 0.00158. The molecule has 0 unspecified atom stereocenters. The number of carbonyl (C=O) groups excluding carboxylic acids is 3. The van der Waals surface area contributed by atoms with Crippen LogP contribution in [0.1, 0.15) is 58.7 Å². The van der Waals surface area contributed by atoms with E-state index >= 15 is 0 Å². The number of ether oxygens (including phenoxy) is 2. The molecule has 0 bridgehead atoms. The second-order valence-electron chi connectivity index (χ2n) is 9.17. The second-order valence-corrected chi connectivity index (χ2v) is 9.17. The number of fused-ring (bicyclic) bond motifs is 2. The van der Waals surface area contributed by atoms with Crippen molar-refractivity contribution in [2.45, 2.75) is 38.8 Å². The van der Waals surface area contributed by atoms with Gasteiger partial charge >= 0.3 is 6.09 Å². The van der Waals surface area contributed by atoms with E-state index in [1.165, 1.54) is 4.90 Å². The van der Waals surface area contributed by atoms with Crippen molar-refractivity contribution in [1.29, 1.82) is 0 Å². The summed E-state index contributed by atoms with van der Waals surface area (Å²) in [4.78, 5) is 42.1. The third-order valence-electron chi connectivity index (χ3n) is 5.73. The van der Waals surface area contributed by atoms with Crippen molar-refractivity contribution in [1.82, 2.24) is 9.80 Å². The number of benzene rings is 2. The molecule has 3 amide bonds. The summed E-state index contributed by atoms with van der Waals surface area (Å²) in [6, 6.07) is 11.8. The van der Waals surface area contributed by atoms with E-state index in [1.807, 2.05) is 18.2 Å². The van der Waals surface area contributed by atoms with Gasteiger partial charge in [-0.1, -0.05) is 24.3 Å². The fourth-order valence-electron chi connectivity index (χ4n) is 4.34. The highest BCUT2D eigenvalue weighted by atomic mass is 16.6. The van der Waals surface area contributed by atoms with Crippen molar-refractivity contribution in [2.24, 2.45) is 5.73 Å². The molecule has 2 aromatic rings. The summed E-state index contributed by atoms with van der Waals surface area (Å²) in [5.74, 6) is -0.146. The van der Waals surface area contributed by atoms with Gasteiger partial charge in [-0.3, -0.25) is 19.4 Å². The first kappa shape index (κ1) is 22.8. The van der Waals surface area contributed by atoms with Crippen LogP contribution in [0, 0.1) is 0 Å². The van der Waals surface area contributed by atoms with E-state index in [1.54, 1.807) is 49.9 Å². The minimum Gasteiger partial charge on any atom is -0.492 e. The number of rotatable bonds is 5. The predicted octanol–water partition coefficient (Wildman–Crippen LogP) is 3.15. The van der Waals surface area contributed by atoms with Gasteiger partial charge in [-0.2, -0.15) is 0 Å². The number of hydrogen-bond donors (Lipinski definition) is 1. The van der Waals surface area contributed by atoms with Gasteiger partial charge in [-0.15, -0.1) is 0 Å². The molecule has 0 saturated heterocycles. The molecule has 4 rings (SSSR count). The molecule has 174 valence electrons. The minimum atomic E-state index is -0.688. The lowest BCUT2D eigenvalue weighted by Gasteiger charge is -2.40. The molecule has 0 fully saturated rings. The summed E-state index contributed by atoms with van der Waals surface area (Å²) in [6.45, 7) is 6.45. The van der Waals surface area contributed by atoms with Gasteiger partial charge < -0.3 is 15.2 Å². The van der Waals surface area contributed by atoms with Crippen LogP contribution in [0.3, 0.4) is 0 Å². The number of nitrogens with zero attached hydrogens (tertiary/aromatic N) is 2. The van der Waals surface area contributed by atoms with E-state index in [0.29, 0.717) is 43.0 Å². The van der Waals surface area contributed by atoms with Gasteiger partial charge in [-0.25, -0.2) is 4.79 Å². The van der Waals surface area contributed by atoms with Crippen molar-refractivity contribution < 1.29 is 23.9 Å². The van der Waals surface area contributed by atoms with Gasteiger partial charge in [-0.05, 0) is 51.0 Å². The number of hydrogen-bond acceptors (Lipinski definition) is 6. The number of amides is 3. The molecule has 2 aliphatic rings. The van der Waals surface area contributed by atoms with Crippen LogP contribution in [0.5, 0.6) is 5.75 Å². The maximum atomic E-state index is 13.2. The fourth-order valence-corrected chi connectivity index (χ4v) is 4.34. The normalized spacial score (nSPS) is 17.6. The molecule has 0 saturated carbocycles. The van der Waals surface area contributed by atoms with Crippen LogP contribution in [0.15, 0.2) is 42.5 Å². The van der Waals surface area contributed by atoms with E-state index in [2.05, 4.69) is 0 Å². The largest absolute Gasteiger partial charge is 0.492 e. The maximum absolute atomic E-state index is 13.2. The standard InChI is InChI=1S/C25H29N3O5/c1-25(2,3)33-24(31)27-13-11-16-7-6-10-20(32-14-12-26)21(16)19(27)15-28-22(29)17-8-4-5-9-18(17)23(28)30/h4-10,19H,11-15,26H2,1-3H3/t19-/m1/s1. The van der Waals surface area contributed by atoms with Gasteiger partial charge in [0, 0.05) is 18.7 Å². The van der Waals surface area contributed by atoms with Gasteiger partial charge in [0.05, 0.1) is 23.7 Å². The average molecular weight is 452 g/mol. The monoisotopic (exact) mass is 451 g/mol. The Hall–Kier alpha value is -3.39. The summed E-state index contributed by atoms with van der Waals surface area (Å²) >= 11 is 0. The molecule has 1 atom stereocenters. The van der Waals surface area contributed by atoms with Crippen LogP contribution in [0.25, 0.3) is 0 Å². The smallest absolute Gasteiger partial charge is 0.410 e. The Kier molecular flexibility index (Phi) is 6.12. The van der Waals surface area contributed by atoms with E-state index in [9.17, 15) is 14.4 Å². The number of nitrogens with two attached hydrogens (primary N) is 1. The van der Waals surface area contributed by atoms with E-state index in [4.69, 9.17) is 15.2 Å². The summed E-state index contributed by atoms with van der Waals surface area (Å²) in [6.07, 6.45) is 0.107. The second kappa shape index (κ2) is 8.86. The van der Waals surface area contributed by atoms with Gasteiger partial charge in [0.25, 0.3) is 11.8 Å². The fraction of sp³-hybridized carbons (Fsp3) is 0.400. The Morgan fingerprint density at radius 2 is 1.73 bits per heavy atom. The Morgan fingerprint density at radius 1 is 1.06 bits per heavy atom. The lowest BCUT2D eigenvalue weighted by Crippen LogP contribution is -2.48. The maximum Gasteiger partial charge on any atom is 0.410 e. The SMILES string of the molecule is CC(C)(C)OC(=O)N1CCc2cccc(OCCN)c2[C@H]1CN1C(=O)c2ccccc2C1=O. The summed E-state index contributed by atoms with van der Waals surface area (Å²) in [5, 5.41) is 0. The van der Waals surface area contributed by atoms with Crippen molar-refractivity contribution in [3.63, 3.8) is 0 Å². The van der Waals surface area contributed by atoms with E-state index in [0.717, 1.165) is 11.1 Å². The lowest BCUT2D eigenvalue weighted by molar-refractivity contribution is 0.00954. The third-order valence-corrected chi connectivity index (χ3v) is 5.73. The quantitative estimate of drug-likeness (QED) is 0.701. The summed E-state index contributed by atoms with van der Waals surface area (Å²) in [7, 11) is 0. The first-order valence-electron chi connectivity index (χ1n) is 11.1. The van der Waals surface area contributed by atoms with Crippen LogP contribution in [0.4, 0.5) is 4.79 Å². The molecule has 2 heterocycles. The summed E-state index contributed by atoms with van der Waals surface area (Å²) in [5.41, 5.74) is 7.48. The van der Waals surface area contributed by atoms with Crippen LogP contribution in [0.2, 0.25) is 0 Å². The third kappa shape index (κ3) is 4.43. The Morgan fingerprint density at radius 3 is 2.33 bits per heavy atom. The molecule has 0 spiro atoms. The Bertz CT molecular complexity index is 1060. The molecule has 0 aromatic heterocycles. The zero-order chi connectivity index (χ0) is 23.8. The molecule has 2 N–H and O–H groups in total. The number of imide groups is 1. The Balaban J connectivity index is 1.74. The zero-order valence-electron chi connectivity index (χ0n) is 19.2.